The van der Waals surface area contributed by atoms with Crippen LogP contribution in [0.2, 0.25) is 0 Å². The van der Waals surface area contributed by atoms with Crippen molar-refractivity contribution in [2.45, 2.75) is 12.8 Å². The van der Waals surface area contributed by atoms with Crippen LogP contribution in [-0.2, 0) is 0 Å². The maximum atomic E-state index is 11.7. The number of aromatic nitrogens is 1. The number of carbonyl (C=O) groups excluding carboxylic acids is 1. The topological polar surface area (TPSA) is 80.0 Å². The minimum absolute atomic E-state index is 0.178. The molecule has 1 fully saturated rings. The van der Waals surface area contributed by atoms with E-state index < -0.39 is 0 Å². The molecule has 5 nitrogen and oxygen atoms in total. The molecule has 0 unspecified atom stereocenters. The molecule has 0 radical (unpaired) electrons. The molecule has 2 rings (SSSR count). The van der Waals surface area contributed by atoms with E-state index in [1.165, 1.54) is 35.9 Å². The summed E-state index contributed by atoms with van der Waals surface area (Å²) >= 11 is 3.27. The predicted octanol–water partition coefficient (Wildman–Crippen LogP) is 1.64. The van der Waals surface area contributed by atoms with Gasteiger partial charge in [-0.2, -0.15) is 16.1 Å². The number of nitrogen functional groups attached to an aromatic ring is 1. The molecule has 0 atom stereocenters. The Morgan fingerprint density at radius 3 is 2.89 bits per heavy atom. The number of hydrogen-bond acceptors (Lipinski definition) is 6. The molecule has 0 spiro atoms. The SMILES string of the molecule is CNC(=O)c1c(N)nsc1NCC1CCSCC1. The molecule has 18 heavy (non-hydrogen) atoms. The molecule has 1 amide bonds. The second kappa shape index (κ2) is 6.29. The van der Waals surface area contributed by atoms with Gasteiger partial charge in [-0.15, -0.1) is 0 Å². The van der Waals surface area contributed by atoms with E-state index in [2.05, 4.69) is 15.0 Å². The fraction of sp³-hybridized carbons (Fsp3) is 0.636. The van der Waals surface area contributed by atoms with Crippen LogP contribution >= 0.6 is 23.3 Å². The molecule has 4 N–H and O–H groups in total. The van der Waals surface area contributed by atoms with E-state index in [1.54, 1.807) is 7.05 Å². The number of nitrogens with two attached hydrogens (primary N) is 1. The molecule has 0 aliphatic carbocycles. The number of nitrogens with one attached hydrogen (secondary N) is 2. The van der Waals surface area contributed by atoms with Gasteiger partial charge in [-0.25, -0.2) is 0 Å². The third-order valence-electron chi connectivity index (χ3n) is 3.06. The van der Waals surface area contributed by atoms with Crippen molar-refractivity contribution in [2.75, 3.05) is 36.1 Å². The van der Waals surface area contributed by atoms with Crippen molar-refractivity contribution in [3.8, 4) is 0 Å². The first-order valence-corrected chi connectivity index (χ1v) is 7.94. The molecular weight excluding hydrogens is 268 g/mol. The summed E-state index contributed by atoms with van der Waals surface area (Å²) < 4.78 is 4.04. The van der Waals surface area contributed by atoms with Crippen LogP contribution < -0.4 is 16.4 Å². The Hall–Kier alpha value is -0.950. The van der Waals surface area contributed by atoms with Crippen LogP contribution in [0, 0.1) is 5.92 Å². The summed E-state index contributed by atoms with van der Waals surface area (Å²) in [6, 6.07) is 0. The van der Waals surface area contributed by atoms with Crippen LogP contribution in [0.3, 0.4) is 0 Å². The highest BCUT2D eigenvalue weighted by atomic mass is 32.2. The van der Waals surface area contributed by atoms with E-state index in [0.29, 0.717) is 17.3 Å². The Bertz CT molecular complexity index is 415. The summed E-state index contributed by atoms with van der Waals surface area (Å²) in [4.78, 5) is 11.7. The molecule has 0 saturated carbocycles. The lowest BCUT2D eigenvalue weighted by atomic mass is 10.0. The normalized spacial score (nSPS) is 16.5. The molecule has 7 heteroatoms. The van der Waals surface area contributed by atoms with Crippen LogP contribution in [0.1, 0.15) is 23.2 Å². The highest BCUT2D eigenvalue weighted by molar-refractivity contribution is 7.99. The maximum Gasteiger partial charge on any atom is 0.257 e. The van der Waals surface area contributed by atoms with Crippen molar-refractivity contribution in [3.05, 3.63) is 5.56 Å². The highest BCUT2D eigenvalue weighted by Crippen LogP contribution is 2.28. The van der Waals surface area contributed by atoms with Gasteiger partial charge >= 0.3 is 0 Å². The second-order valence-electron chi connectivity index (χ2n) is 4.29. The van der Waals surface area contributed by atoms with Gasteiger partial charge in [-0.3, -0.25) is 4.79 Å². The minimum atomic E-state index is -0.178. The maximum absolute atomic E-state index is 11.7. The zero-order valence-electron chi connectivity index (χ0n) is 10.4. The Morgan fingerprint density at radius 1 is 1.50 bits per heavy atom. The van der Waals surface area contributed by atoms with Crippen molar-refractivity contribution < 1.29 is 4.79 Å². The predicted molar refractivity (Wildman–Crippen MR) is 78.5 cm³/mol. The molecule has 1 saturated heterocycles. The summed E-state index contributed by atoms with van der Waals surface area (Å²) in [5.74, 6) is 3.29. The first kappa shape index (κ1) is 13.5. The smallest absolute Gasteiger partial charge is 0.257 e. The van der Waals surface area contributed by atoms with Crippen molar-refractivity contribution >= 4 is 40.0 Å². The second-order valence-corrected chi connectivity index (χ2v) is 6.29. The Morgan fingerprint density at radius 2 is 2.22 bits per heavy atom. The zero-order chi connectivity index (χ0) is 13.0. The van der Waals surface area contributed by atoms with Gasteiger partial charge < -0.3 is 16.4 Å². The van der Waals surface area contributed by atoms with E-state index in [0.717, 1.165) is 11.5 Å². The molecule has 0 bridgehead atoms. The average Bonchev–Trinajstić information content (AvgIpc) is 2.78. The van der Waals surface area contributed by atoms with Crippen molar-refractivity contribution in [1.29, 1.82) is 0 Å². The first-order valence-electron chi connectivity index (χ1n) is 6.01. The van der Waals surface area contributed by atoms with Gasteiger partial charge in [0.2, 0.25) is 0 Å². The molecule has 1 aromatic rings. The number of thioether (sulfide) groups is 1. The van der Waals surface area contributed by atoms with E-state index in [4.69, 9.17) is 5.73 Å². The molecule has 1 aromatic heterocycles. The van der Waals surface area contributed by atoms with Crippen LogP contribution in [0.25, 0.3) is 0 Å². The van der Waals surface area contributed by atoms with Gasteiger partial charge in [0.05, 0.1) is 0 Å². The fourth-order valence-corrected chi connectivity index (χ4v) is 3.88. The van der Waals surface area contributed by atoms with Gasteiger partial charge in [0.1, 0.15) is 10.6 Å². The van der Waals surface area contributed by atoms with Crippen LogP contribution in [0.5, 0.6) is 0 Å². The largest absolute Gasteiger partial charge is 0.382 e. The van der Waals surface area contributed by atoms with Crippen LogP contribution in [-0.4, -0.2) is 35.4 Å². The first-order chi connectivity index (χ1) is 8.72. The fourth-order valence-electron chi connectivity index (χ4n) is 1.96. The minimum Gasteiger partial charge on any atom is -0.382 e. The molecule has 1 aliphatic rings. The average molecular weight is 286 g/mol. The van der Waals surface area contributed by atoms with E-state index in [-0.39, 0.29) is 5.91 Å². The number of anilines is 2. The molecule has 0 aromatic carbocycles. The Balaban J connectivity index is 1.98. The van der Waals surface area contributed by atoms with Crippen molar-refractivity contribution in [2.24, 2.45) is 5.92 Å². The lowest BCUT2D eigenvalue weighted by molar-refractivity contribution is 0.0965. The van der Waals surface area contributed by atoms with Gasteiger partial charge in [0.15, 0.2) is 5.82 Å². The van der Waals surface area contributed by atoms with Gasteiger partial charge in [0, 0.05) is 13.6 Å². The summed E-state index contributed by atoms with van der Waals surface area (Å²) in [6.07, 6.45) is 2.47. The highest BCUT2D eigenvalue weighted by Gasteiger charge is 2.20. The number of nitrogens with zero attached hydrogens (tertiary/aromatic N) is 1. The van der Waals surface area contributed by atoms with Crippen LogP contribution in [0.15, 0.2) is 0 Å². The number of rotatable bonds is 4. The van der Waals surface area contributed by atoms with Crippen molar-refractivity contribution in [3.63, 3.8) is 0 Å². The monoisotopic (exact) mass is 286 g/mol. The zero-order valence-corrected chi connectivity index (χ0v) is 12.0. The van der Waals surface area contributed by atoms with E-state index in [1.807, 2.05) is 11.8 Å². The Labute approximate surface area is 115 Å². The third kappa shape index (κ3) is 3.08. The standard InChI is InChI=1S/C11H18N4OS2/c1-13-10(16)8-9(12)15-18-11(8)14-6-7-2-4-17-5-3-7/h7,14H,2-6H2,1H3,(H2,12,15)(H,13,16). The molecule has 1 aliphatic heterocycles. The molecular formula is C11H18N4OS2. The quantitative estimate of drug-likeness (QED) is 0.784. The van der Waals surface area contributed by atoms with Gasteiger partial charge in [0.25, 0.3) is 5.91 Å². The number of carbonyl (C=O) groups is 1. The summed E-state index contributed by atoms with van der Waals surface area (Å²) in [7, 11) is 1.60. The molecule has 100 valence electrons. The third-order valence-corrected chi connectivity index (χ3v) is 4.93. The number of amides is 1. The molecule has 2 heterocycles. The van der Waals surface area contributed by atoms with Crippen LogP contribution in [0.4, 0.5) is 10.8 Å². The summed E-state index contributed by atoms with van der Waals surface area (Å²) in [5, 5.41) is 6.70. The lowest BCUT2D eigenvalue weighted by Gasteiger charge is -2.21. The Kier molecular flexibility index (Phi) is 4.71. The van der Waals surface area contributed by atoms with E-state index >= 15 is 0 Å². The van der Waals surface area contributed by atoms with E-state index in [9.17, 15) is 4.79 Å². The lowest BCUT2D eigenvalue weighted by Crippen LogP contribution is -2.22. The summed E-state index contributed by atoms with van der Waals surface area (Å²) in [5.41, 5.74) is 6.20. The van der Waals surface area contributed by atoms with Crippen molar-refractivity contribution in [1.82, 2.24) is 9.69 Å². The number of hydrogen-bond donors (Lipinski definition) is 3. The van der Waals surface area contributed by atoms with Gasteiger partial charge in [-0.05, 0) is 41.8 Å². The summed E-state index contributed by atoms with van der Waals surface area (Å²) in [6.45, 7) is 0.895. The van der Waals surface area contributed by atoms with Gasteiger partial charge in [-0.1, -0.05) is 0 Å².